The van der Waals surface area contributed by atoms with Crippen LogP contribution in [0.1, 0.15) is 6.92 Å². The molecular weight excluding hydrogens is 246 g/mol. The molecule has 0 saturated carbocycles. The number of benzene rings is 1. The number of halogens is 2. The number of hydrogen-bond acceptors (Lipinski definition) is 4. The van der Waals surface area contributed by atoms with Crippen molar-refractivity contribution in [3.8, 4) is 0 Å². The van der Waals surface area contributed by atoms with Gasteiger partial charge < -0.3 is 16.2 Å². The Morgan fingerprint density at radius 3 is 2.71 bits per heavy atom. The van der Waals surface area contributed by atoms with Crippen molar-refractivity contribution in [3.05, 3.63) is 23.8 Å². The van der Waals surface area contributed by atoms with E-state index in [9.17, 15) is 13.9 Å². The molecule has 1 atom stereocenters. The Hall–Kier alpha value is -1.01. The summed E-state index contributed by atoms with van der Waals surface area (Å²) in [4.78, 5) is 0. The number of nitrogens with one attached hydrogen (secondary N) is 1. The van der Waals surface area contributed by atoms with E-state index >= 15 is 0 Å². The zero-order chi connectivity index (χ0) is 13.1. The highest BCUT2D eigenvalue weighted by Gasteiger charge is 2.20. The normalized spacial score (nSPS) is 14.4. The molecule has 0 saturated heterocycles. The molecule has 4 N–H and O–H groups in total. The number of hydrogen-bond donors (Lipinski definition) is 3. The summed E-state index contributed by atoms with van der Waals surface area (Å²) in [5.41, 5.74) is 4.51. The summed E-state index contributed by atoms with van der Waals surface area (Å²) in [5, 5.41) is 12.6. The molecule has 17 heavy (non-hydrogen) atoms. The van der Waals surface area contributed by atoms with Crippen molar-refractivity contribution in [2.24, 2.45) is 0 Å². The van der Waals surface area contributed by atoms with Crippen molar-refractivity contribution < 1.29 is 13.9 Å². The van der Waals surface area contributed by atoms with E-state index in [4.69, 9.17) is 5.73 Å². The van der Waals surface area contributed by atoms with Crippen LogP contribution in [0.25, 0.3) is 0 Å². The summed E-state index contributed by atoms with van der Waals surface area (Å²) in [5.74, 6) is -1.00. The maximum atomic E-state index is 13.1. The molecule has 0 spiro atoms. The van der Waals surface area contributed by atoms with E-state index in [1.807, 2.05) is 6.26 Å². The van der Waals surface area contributed by atoms with Gasteiger partial charge in [-0.2, -0.15) is 11.8 Å². The number of nitrogens with two attached hydrogens (primary N) is 1. The van der Waals surface area contributed by atoms with Crippen LogP contribution in [0.5, 0.6) is 0 Å². The molecule has 0 aliphatic carbocycles. The van der Waals surface area contributed by atoms with Gasteiger partial charge >= 0.3 is 0 Å². The first-order valence-corrected chi connectivity index (χ1v) is 6.45. The fourth-order valence-corrected chi connectivity index (χ4v) is 2.10. The summed E-state index contributed by atoms with van der Waals surface area (Å²) in [6.07, 6.45) is 1.87. The second-order valence-electron chi connectivity index (χ2n) is 4.13. The third-order valence-electron chi connectivity index (χ3n) is 2.21. The number of thioether (sulfide) groups is 1. The minimum atomic E-state index is -0.964. The predicted molar refractivity (Wildman–Crippen MR) is 68.3 cm³/mol. The molecule has 3 nitrogen and oxygen atoms in total. The highest BCUT2D eigenvalue weighted by atomic mass is 32.2. The Morgan fingerprint density at radius 1 is 1.47 bits per heavy atom. The van der Waals surface area contributed by atoms with Crippen molar-refractivity contribution in [3.63, 3.8) is 0 Å². The highest BCUT2D eigenvalue weighted by molar-refractivity contribution is 7.98. The first-order valence-electron chi connectivity index (χ1n) is 5.05. The largest absolute Gasteiger partial charge is 0.395 e. The fourth-order valence-electron chi connectivity index (χ4n) is 1.38. The molecule has 1 aromatic carbocycles. The minimum absolute atomic E-state index is 0.147. The van der Waals surface area contributed by atoms with Gasteiger partial charge in [-0.05, 0) is 19.2 Å². The molecule has 0 heterocycles. The second-order valence-corrected chi connectivity index (χ2v) is 5.00. The lowest BCUT2D eigenvalue weighted by Gasteiger charge is -2.23. The smallest absolute Gasteiger partial charge is 0.151 e. The van der Waals surface area contributed by atoms with E-state index < -0.39 is 17.2 Å². The molecule has 0 aromatic heterocycles. The molecule has 1 unspecified atom stereocenters. The number of rotatable bonds is 5. The van der Waals surface area contributed by atoms with Gasteiger partial charge in [-0.3, -0.25) is 0 Å². The van der Waals surface area contributed by atoms with E-state index in [1.165, 1.54) is 11.8 Å². The van der Waals surface area contributed by atoms with E-state index in [0.29, 0.717) is 5.75 Å². The predicted octanol–water partition coefficient (Wildman–Crippen LogP) is 2.07. The average Bonchev–Trinajstić information content (AvgIpc) is 2.21. The zero-order valence-electron chi connectivity index (χ0n) is 9.76. The van der Waals surface area contributed by atoms with Gasteiger partial charge in [0.1, 0.15) is 5.82 Å². The fraction of sp³-hybridized carbons (Fsp3) is 0.455. The molecule has 0 aliphatic rings. The lowest BCUT2D eigenvalue weighted by Crippen LogP contribution is -2.36. The lowest BCUT2D eigenvalue weighted by molar-refractivity contribution is 0.0997. The van der Waals surface area contributed by atoms with Gasteiger partial charge in [0, 0.05) is 18.4 Å². The summed E-state index contributed by atoms with van der Waals surface area (Å²) in [7, 11) is 0. The first-order chi connectivity index (χ1) is 7.85. The molecule has 96 valence electrons. The van der Waals surface area contributed by atoms with Crippen LogP contribution < -0.4 is 11.1 Å². The Labute approximate surface area is 103 Å². The number of anilines is 2. The van der Waals surface area contributed by atoms with Crippen LogP contribution in [0.4, 0.5) is 20.2 Å². The van der Waals surface area contributed by atoms with Gasteiger partial charge in [0.15, 0.2) is 5.82 Å². The molecule has 0 radical (unpaired) electrons. The van der Waals surface area contributed by atoms with Crippen molar-refractivity contribution in [1.82, 2.24) is 0 Å². The topological polar surface area (TPSA) is 58.3 Å². The summed E-state index contributed by atoms with van der Waals surface area (Å²) >= 11 is 1.48. The quantitative estimate of drug-likeness (QED) is 0.711. The van der Waals surface area contributed by atoms with Gasteiger partial charge in [-0.1, -0.05) is 0 Å². The summed E-state index contributed by atoms with van der Waals surface area (Å²) in [6.45, 7) is 1.81. The Balaban J connectivity index is 2.76. The van der Waals surface area contributed by atoms with Crippen LogP contribution in [-0.2, 0) is 0 Å². The molecule has 0 bridgehead atoms. The Kier molecular flexibility index (Phi) is 4.59. The average molecular weight is 262 g/mol. The van der Waals surface area contributed by atoms with Crippen molar-refractivity contribution in [2.45, 2.75) is 12.5 Å². The van der Waals surface area contributed by atoms with Gasteiger partial charge in [0.25, 0.3) is 0 Å². The van der Waals surface area contributed by atoms with Crippen molar-refractivity contribution >= 4 is 23.1 Å². The van der Waals surface area contributed by atoms with Crippen LogP contribution in [-0.4, -0.2) is 29.3 Å². The van der Waals surface area contributed by atoms with Crippen molar-refractivity contribution in [1.29, 1.82) is 0 Å². The minimum Gasteiger partial charge on any atom is -0.395 e. The van der Waals surface area contributed by atoms with Gasteiger partial charge in [0.2, 0.25) is 0 Å². The molecule has 0 aliphatic heterocycles. The monoisotopic (exact) mass is 262 g/mol. The standard InChI is InChI=1S/C11H16F2N2OS/c1-11(16,6-17-2)5-15-9-4-7(12)3-8(13)10(9)14/h3-4,15-16H,5-6,14H2,1-2H3. The number of nitrogen functional groups attached to an aromatic ring is 1. The highest BCUT2D eigenvalue weighted by Crippen LogP contribution is 2.24. The third kappa shape index (κ3) is 4.05. The Bertz CT molecular complexity index is 399. The summed E-state index contributed by atoms with van der Waals surface area (Å²) in [6, 6.07) is 1.83. The SMILES string of the molecule is CSCC(C)(O)CNc1cc(F)cc(F)c1N. The van der Waals surface area contributed by atoms with Crippen molar-refractivity contribution in [2.75, 3.05) is 29.6 Å². The van der Waals surface area contributed by atoms with E-state index in [-0.39, 0.29) is 17.9 Å². The lowest BCUT2D eigenvalue weighted by atomic mass is 10.1. The molecule has 1 aromatic rings. The Morgan fingerprint density at radius 2 is 2.12 bits per heavy atom. The summed E-state index contributed by atoms with van der Waals surface area (Å²) < 4.78 is 26.1. The van der Waals surface area contributed by atoms with E-state index in [2.05, 4.69) is 5.32 Å². The van der Waals surface area contributed by atoms with Crippen LogP contribution in [0.2, 0.25) is 0 Å². The molecule has 6 heteroatoms. The molecule has 1 rings (SSSR count). The third-order valence-corrected chi connectivity index (χ3v) is 3.12. The van der Waals surface area contributed by atoms with E-state index in [1.54, 1.807) is 6.92 Å². The van der Waals surface area contributed by atoms with Gasteiger partial charge in [-0.25, -0.2) is 8.78 Å². The molecule has 0 amide bonds. The van der Waals surface area contributed by atoms with Crippen LogP contribution in [0, 0.1) is 11.6 Å². The molecule has 0 fully saturated rings. The van der Waals surface area contributed by atoms with Crippen LogP contribution in [0.15, 0.2) is 12.1 Å². The maximum Gasteiger partial charge on any atom is 0.151 e. The van der Waals surface area contributed by atoms with Gasteiger partial charge in [-0.15, -0.1) is 0 Å². The maximum absolute atomic E-state index is 13.1. The second kappa shape index (κ2) is 5.55. The van der Waals surface area contributed by atoms with Gasteiger partial charge in [0.05, 0.1) is 17.0 Å². The van der Waals surface area contributed by atoms with Crippen LogP contribution >= 0.6 is 11.8 Å². The zero-order valence-corrected chi connectivity index (χ0v) is 10.6. The molecular formula is C11H16F2N2OS. The van der Waals surface area contributed by atoms with E-state index in [0.717, 1.165) is 12.1 Å². The van der Waals surface area contributed by atoms with Crippen LogP contribution in [0.3, 0.4) is 0 Å². The first kappa shape index (κ1) is 14.1. The number of aliphatic hydroxyl groups is 1.